The highest BCUT2D eigenvalue weighted by Gasteiger charge is 2.10. The molecule has 2 aromatic carbocycles. The van der Waals surface area contributed by atoms with E-state index in [2.05, 4.69) is 20.5 Å². The second kappa shape index (κ2) is 7.67. The number of rotatable bonds is 5. The van der Waals surface area contributed by atoms with Crippen LogP contribution in [0.25, 0.3) is 11.4 Å². The number of H-pyrrole nitrogens is 1. The van der Waals surface area contributed by atoms with Gasteiger partial charge in [-0.25, -0.2) is 9.37 Å². The Morgan fingerprint density at radius 2 is 2.04 bits per heavy atom. The number of halogens is 2. The zero-order valence-electron chi connectivity index (χ0n) is 13.2. The number of aromatic nitrogens is 3. The van der Waals surface area contributed by atoms with Crippen LogP contribution in [0.5, 0.6) is 0 Å². The Bertz CT molecular complexity index is 898. The van der Waals surface area contributed by atoms with Gasteiger partial charge in [-0.05, 0) is 48.9 Å². The van der Waals surface area contributed by atoms with E-state index in [1.54, 1.807) is 31.2 Å². The van der Waals surface area contributed by atoms with Crippen LogP contribution in [0.4, 0.5) is 10.1 Å². The third kappa shape index (κ3) is 4.58. The Balaban J connectivity index is 1.57. The topological polar surface area (TPSA) is 70.7 Å². The molecule has 0 aliphatic heterocycles. The lowest BCUT2D eigenvalue weighted by molar-refractivity contribution is -0.113. The molecule has 2 N–H and O–H groups in total. The number of amides is 1. The van der Waals surface area contributed by atoms with E-state index in [0.717, 1.165) is 5.56 Å². The lowest BCUT2D eigenvalue weighted by atomic mass is 10.2. The van der Waals surface area contributed by atoms with Gasteiger partial charge < -0.3 is 5.32 Å². The van der Waals surface area contributed by atoms with Crippen LogP contribution in [0.2, 0.25) is 5.02 Å². The van der Waals surface area contributed by atoms with Crippen LogP contribution in [0, 0.1) is 12.7 Å². The van der Waals surface area contributed by atoms with Crippen molar-refractivity contribution >= 4 is 35.0 Å². The normalized spacial score (nSPS) is 10.7. The van der Waals surface area contributed by atoms with Crippen LogP contribution in [0.15, 0.2) is 47.6 Å². The van der Waals surface area contributed by atoms with Crippen LogP contribution in [0.1, 0.15) is 5.56 Å². The van der Waals surface area contributed by atoms with E-state index in [4.69, 9.17) is 11.6 Å². The Labute approximate surface area is 153 Å². The van der Waals surface area contributed by atoms with E-state index in [9.17, 15) is 9.18 Å². The van der Waals surface area contributed by atoms with Gasteiger partial charge in [-0.15, -0.1) is 5.10 Å². The van der Waals surface area contributed by atoms with Gasteiger partial charge in [-0.3, -0.25) is 9.89 Å². The summed E-state index contributed by atoms with van der Waals surface area (Å²) in [6.45, 7) is 1.66. The molecule has 3 rings (SSSR count). The first-order valence-corrected chi connectivity index (χ1v) is 8.75. The van der Waals surface area contributed by atoms with Crippen LogP contribution >= 0.6 is 23.4 Å². The van der Waals surface area contributed by atoms with Crippen molar-refractivity contribution < 1.29 is 9.18 Å². The number of aromatic amines is 1. The third-order valence-electron chi connectivity index (χ3n) is 3.37. The molecule has 1 aromatic heterocycles. The summed E-state index contributed by atoms with van der Waals surface area (Å²) in [4.78, 5) is 16.3. The lowest BCUT2D eigenvalue weighted by Gasteiger charge is -2.05. The fourth-order valence-corrected chi connectivity index (χ4v) is 2.77. The summed E-state index contributed by atoms with van der Waals surface area (Å²) >= 11 is 7.04. The molecule has 1 heterocycles. The van der Waals surface area contributed by atoms with E-state index in [0.29, 0.717) is 27.3 Å². The molecular formula is C17H14ClFN4OS. The molecule has 25 heavy (non-hydrogen) atoms. The maximum Gasteiger partial charge on any atom is 0.234 e. The first kappa shape index (κ1) is 17.4. The van der Waals surface area contributed by atoms with Gasteiger partial charge in [0, 0.05) is 16.3 Å². The fraction of sp³-hybridized carbons (Fsp3) is 0.118. The third-order valence-corrected chi connectivity index (χ3v) is 4.47. The van der Waals surface area contributed by atoms with Crippen LogP contribution in [-0.4, -0.2) is 26.8 Å². The Morgan fingerprint density at radius 1 is 1.28 bits per heavy atom. The predicted octanol–water partition coefficient (Wildman–Crippen LogP) is 4.30. The molecule has 0 spiro atoms. The van der Waals surface area contributed by atoms with Gasteiger partial charge >= 0.3 is 0 Å². The van der Waals surface area contributed by atoms with E-state index >= 15 is 0 Å². The number of nitrogens with zero attached hydrogens (tertiary/aromatic N) is 2. The molecule has 0 atom stereocenters. The number of anilines is 1. The molecule has 8 heteroatoms. The summed E-state index contributed by atoms with van der Waals surface area (Å²) in [6, 6.07) is 11.8. The minimum absolute atomic E-state index is 0.118. The second-order valence-corrected chi connectivity index (χ2v) is 6.65. The van der Waals surface area contributed by atoms with Crippen LogP contribution in [0.3, 0.4) is 0 Å². The number of thioether (sulfide) groups is 1. The summed E-state index contributed by atoms with van der Waals surface area (Å²) in [5.74, 6) is 0.103. The zero-order chi connectivity index (χ0) is 17.8. The van der Waals surface area contributed by atoms with Crippen molar-refractivity contribution in [2.24, 2.45) is 0 Å². The molecule has 3 aromatic rings. The van der Waals surface area contributed by atoms with Gasteiger partial charge in [0.25, 0.3) is 0 Å². The number of aryl methyl sites for hydroxylation is 1. The number of benzene rings is 2. The molecular weight excluding hydrogens is 363 g/mol. The Morgan fingerprint density at radius 3 is 2.76 bits per heavy atom. The summed E-state index contributed by atoms with van der Waals surface area (Å²) < 4.78 is 13.5. The fourth-order valence-electron chi connectivity index (χ4n) is 2.05. The summed E-state index contributed by atoms with van der Waals surface area (Å²) in [5, 5.41) is 10.6. The molecule has 0 fully saturated rings. The first-order chi connectivity index (χ1) is 12.0. The molecule has 0 aliphatic rings. The van der Waals surface area contributed by atoms with E-state index in [-0.39, 0.29) is 17.5 Å². The highest BCUT2D eigenvalue weighted by molar-refractivity contribution is 7.99. The second-order valence-electron chi connectivity index (χ2n) is 5.27. The first-order valence-electron chi connectivity index (χ1n) is 7.38. The van der Waals surface area contributed by atoms with E-state index in [1.165, 1.54) is 17.8 Å². The number of nitrogens with one attached hydrogen (secondary N) is 2. The van der Waals surface area contributed by atoms with Crippen molar-refractivity contribution in [2.75, 3.05) is 11.1 Å². The minimum Gasteiger partial charge on any atom is -0.325 e. The monoisotopic (exact) mass is 376 g/mol. The average Bonchev–Trinajstić information content (AvgIpc) is 3.06. The van der Waals surface area contributed by atoms with Gasteiger partial charge in [0.15, 0.2) is 5.82 Å². The SMILES string of the molecule is Cc1ccc(NC(=O)CSc2n[nH]c(-c3ccc(Cl)cc3)n2)cc1F. The molecule has 0 unspecified atom stereocenters. The molecule has 0 saturated heterocycles. The molecule has 1 amide bonds. The van der Waals surface area contributed by atoms with Crippen molar-refractivity contribution in [2.45, 2.75) is 12.1 Å². The number of hydrogen-bond donors (Lipinski definition) is 2. The number of hydrogen-bond acceptors (Lipinski definition) is 4. The summed E-state index contributed by atoms with van der Waals surface area (Å²) in [5.41, 5.74) is 1.80. The molecule has 0 aliphatic carbocycles. The highest BCUT2D eigenvalue weighted by atomic mass is 35.5. The quantitative estimate of drug-likeness (QED) is 0.651. The molecule has 5 nitrogen and oxygen atoms in total. The predicted molar refractivity (Wildman–Crippen MR) is 97.3 cm³/mol. The summed E-state index contributed by atoms with van der Waals surface area (Å²) in [6.07, 6.45) is 0. The lowest BCUT2D eigenvalue weighted by Crippen LogP contribution is -2.14. The number of carbonyl (C=O) groups is 1. The highest BCUT2D eigenvalue weighted by Crippen LogP contribution is 2.21. The van der Waals surface area contributed by atoms with E-state index in [1.807, 2.05) is 12.1 Å². The molecule has 128 valence electrons. The standard InChI is InChI=1S/C17H14ClFN4OS/c1-10-2-7-13(8-14(10)19)20-15(24)9-25-17-21-16(22-23-17)11-3-5-12(18)6-4-11/h2-8H,9H2,1H3,(H,20,24)(H,21,22,23). The molecule has 0 radical (unpaired) electrons. The maximum absolute atomic E-state index is 13.5. The van der Waals surface area contributed by atoms with Crippen molar-refractivity contribution in [1.29, 1.82) is 0 Å². The smallest absolute Gasteiger partial charge is 0.234 e. The van der Waals surface area contributed by atoms with Crippen molar-refractivity contribution in [3.63, 3.8) is 0 Å². The average molecular weight is 377 g/mol. The maximum atomic E-state index is 13.5. The van der Waals surface area contributed by atoms with Crippen molar-refractivity contribution in [3.05, 3.63) is 58.9 Å². The van der Waals surface area contributed by atoms with Crippen LogP contribution in [-0.2, 0) is 4.79 Å². The van der Waals surface area contributed by atoms with Gasteiger partial charge in [-0.2, -0.15) is 0 Å². The summed E-state index contributed by atoms with van der Waals surface area (Å²) in [7, 11) is 0. The van der Waals surface area contributed by atoms with Gasteiger partial charge in [0.2, 0.25) is 11.1 Å². The van der Waals surface area contributed by atoms with E-state index < -0.39 is 0 Å². The number of carbonyl (C=O) groups excluding carboxylic acids is 1. The zero-order valence-corrected chi connectivity index (χ0v) is 14.8. The van der Waals surface area contributed by atoms with Crippen molar-refractivity contribution in [3.8, 4) is 11.4 Å². The van der Waals surface area contributed by atoms with Gasteiger partial charge in [0.1, 0.15) is 5.82 Å². The minimum atomic E-state index is -0.355. The largest absolute Gasteiger partial charge is 0.325 e. The Kier molecular flexibility index (Phi) is 5.35. The Hall–Kier alpha value is -2.38. The molecule has 0 bridgehead atoms. The molecule has 0 saturated carbocycles. The van der Waals surface area contributed by atoms with Crippen LogP contribution < -0.4 is 5.32 Å². The van der Waals surface area contributed by atoms with Gasteiger partial charge in [-0.1, -0.05) is 29.4 Å². The van der Waals surface area contributed by atoms with Gasteiger partial charge in [0.05, 0.1) is 5.75 Å². The van der Waals surface area contributed by atoms with Crippen molar-refractivity contribution in [1.82, 2.24) is 15.2 Å².